The number of carbonyl (C=O) groups is 1. The first-order valence-electron chi connectivity index (χ1n) is 4.27. The van der Waals surface area contributed by atoms with Gasteiger partial charge in [0, 0.05) is 12.7 Å². The van der Waals surface area contributed by atoms with Gasteiger partial charge in [-0.05, 0) is 19.1 Å². The number of likely N-dealkylation sites (N-methyl/N-ethyl adjacent to an activating group) is 1. The number of hydrogen-bond acceptors (Lipinski definition) is 3. The maximum Gasteiger partial charge on any atom is 0.344 e. The minimum Gasteiger partial charge on any atom is -0.478 e. The molecule has 1 aromatic rings. The molecule has 0 unspecified atom stereocenters. The third kappa shape index (κ3) is 1.85. The number of para-hydroxylation sites is 1. The second-order valence-corrected chi connectivity index (χ2v) is 3.35. The van der Waals surface area contributed by atoms with E-state index >= 15 is 0 Å². The van der Waals surface area contributed by atoms with Crippen molar-refractivity contribution in [2.24, 2.45) is 5.73 Å². The average molecular weight is 194 g/mol. The lowest BCUT2D eigenvalue weighted by Crippen LogP contribution is -2.58. The Kier molecular flexibility index (Phi) is 2.76. The summed E-state index contributed by atoms with van der Waals surface area (Å²) in [5.74, 6) is -1.05. The van der Waals surface area contributed by atoms with Crippen molar-refractivity contribution in [1.82, 2.24) is 0 Å². The molecule has 0 spiro atoms. The van der Waals surface area contributed by atoms with Crippen molar-refractivity contribution in [3.8, 4) is 0 Å². The summed E-state index contributed by atoms with van der Waals surface area (Å²) in [5, 5.41) is 8.91. The van der Waals surface area contributed by atoms with Crippen LogP contribution in [0.3, 0.4) is 0 Å². The van der Waals surface area contributed by atoms with Crippen molar-refractivity contribution in [2.75, 3.05) is 11.9 Å². The molecule has 0 saturated heterocycles. The zero-order valence-corrected chi connectivity index (χ0v) is 8.27. The Morgan fingerprint density at radius 2 is 1.93 bits per heavy atom. The van der Waals surface area contributed by atoms with Crippen LogP contribution in [0, 0.1) is 0 Å². The molecule has 4 nitrogen and oxygen atoms in total. The van der Waals surface area contributed by atoms with E-state index in [-0.39, 0.29) is 0 Å². The third-order valence-corrected chi connectivity index (χ3v) is 2.27. The molecule has 0 aromatic heterocycles. The average Bonchev–Trinajstić information content (AvgIpc) is 2.17. The Hall–Kier alpha value is -1.55. The number of carboxylic acid groups (broad SMARTS) is 1. The number of benzene rings is 1. The molecule has 0 aliphatic rings. The van der Waals surface area contributed by atoms with Crippen molar-refractivity contribution in [2.45, 2.75) is 12.6 Å². The SMILES string of the molecule is CN(c1ccccc1)[C@](C)(N)C(=O)O. The number of anilines is 1. The second kappa shape index (κ2) is 3.67. The maximum atomic E-state index is 10.9. The van der Waals surface area contributed by atoms with Gasteiger partial charge in [-0.2, -0.15) is 0 Å². The molecule has 1 atom stereocenters. The first kappa shape index (κ1) is 10.5. The monoisotopic (exact) mass is 194 g/mol. The molecule has 1 rings (SSSR count). The van der Waals surface area contributed by atoms with E-state index in [9.17, 15) is 4.79 Å². The van der Waals surface area contributed by atoms with Crippen LogP contribution in [-0.4, -0.2) is 23.8 Å². The van der Waals surface area contributed by atoms with Gasteiger partial charge >= 0.3 is 5.97 Å². The van der Waals surface area contributed by atoms with Crippen LogP contribution < -0.4 is 10.6 Å². The predicted molar refractivity (Wildman–Crippen MR) is 55.1 cm³/mol. The van der Waals surface area contributed by atoms with Crippen LogP contribution in [0.4, 0.5) is 5.69 Å². The van der Waals surface area contributed by atoms with Crippen molar-refractivity contribution in [3.63, 3.8) is 0 Å². The molecular weight excluding hydrogens is 180 g/mol. The molecule has 0 aliphatic carbocycles. The first-order valence-corrected chi connectivity index (χ1v) is 4.27. The van der Waals surface area contributed by atoms with Crippen LogP contribution >= 0.6 is 0 Å². The van der Waals surface area contributed by atoms with E-state index in [1.807, 2.05) is 30.3 Å². The lowest BCUT2D eigenvalue weighted by atomic mass is 10.1. The Morgan fingerprint density at radius 3 is 2.36 bits per heavy atom. The second-order valence-electron chi connectivity index (χ2n) is 3.35. The highest BCUT2D eigenvalue weighted by molar-refractivity contribution is 5.82. The molecule has 0 fully saturated rings. The zero-order valence-electron chi connectivity index (χ0n) is 8.27. The smallest absolute Gasteiger partial charge is 0.344 e. The lowest BCUT2D eigenvalue weighted by molar-refractivity contribution is -0.142. The fourth-order valence-electron chi connectivity index (χ4n) is 1.06. The van der Waals surface area contributed by atoms with Gasteiger partial charge in [-0.1, -0.05) is 18.2 Å². The van der Waals surface area contributed by atoms with Crippen LogP contribution in [0.5, 0.6) is 0 Å². The highest BCUT2D eigenvalue weighted by atomic mass is 16.4. The molecule has 0 saturated carbocycles. The quantitative estimate of drug-likeness (QED) is 0.701. The molecule has 76 valence electrons. The minimum atomic E-state index is -1.39. The summed E-state index contributed by atoms with van der Waals surface area (Å²) in [5.41, 5.74) is 5.05. The Bertz CT molecular complexity index is 322. The van der Waals surface area contributed by atoms with E-state index < -0.39 is 11.6 Å². The topological polar surface area (TPSA) is 66.6 Å². The minimum absolute atomic E-state index is 0.778. The summed E-state index contributed by atoms with van der Waals surface area (Å²) in [6, 6.07) is 9.17. The van der Waals surface area contributed by atoms with E-state index in [0.717, 1.165) is 5.69 Å². The molecular formula is C10H14N2O2. The van der Waals surface area contributed by atoms with Gasteiger partial charge in [-0.3, -0.25) is 5.73 Å². The number of nitrogens with two attached hydrogens (primary N) is 1. The normalized spacial score (nSPS) is 14.5. The molecule has 0 amide bonds. The van der Waals surface area contributed by atoms with Crippen LogP contribution in [0.15, 0.2) is 30.3 Å². The Balaban J connectivity index is 2.96. The van der Waals surface area contributed by atoms with E-state index in [0.29, 0.717) is 0 Å². The van der Waals surface area contributed by atoms with Crippen LogP contribution in [-0.2, 0) is 4.79 Å². The summed E-state index contributed by atoms with van der Waals surface area (Å²) in [4.78, 5) is 12.4. The van der Waals surface area contributed by atoms with Crippen LogP contribution in [0.25, 0.3) is 0 Å². The summed E-state index contributed by atoms with van der Waals surface area (Å²) >= 11 is 0. The van der Waals surface area contributed by atoms with Gasteiger partial charge < -0.3 is 10.0 Å². The molecule has 3 N–H and O–H groups in total. The van der Waals surface area contributed by atoms with Crippen molar-refractivity contribution < 1.29 is 9.90 Å². The number of rotatable bonds is 3. The van der Waals surface area contributed by atoms with Gasteiger partial charge in [-0.25, -0.2) is 4.79 Å². The van der Waals surface area contributed by atoms with E-state index in [1.165, 1.54) is 11.8 Å². The zero-order chi connectivity index (χ0) is 10.8. The molecule has 4 heteroatoms. The van der Waals surface area contributed by atoms with Gasteiger partial charge in [0.15, 0.2) is 5.66 Å². The van der Waals surface area contributed by atoms with E-state index in [2.05, 4.69) is 0 Å². The summed E-state index contributed by atoms with van der Waals surface area (Å²) < 4.78 is 0. The Morgan fingerprint density at radius 1 is 1.43 bits per heavy atom. The molecule has 14 heavy (non-hydrogen) atoms. The third-order valence-electron chi connectivity index (χ3n) is 2.27. The molecule has 0 heterocycles. The summed E-state index contributed by atoms with van der Waals surface area (Å²) in [7, 11) is 1.66. The molecule has 0 radical (unpaired) electrons. The largest absolute Gasteiger partial charge is 0.478 e. The van der Waals surface area contributed by atoms with Gasteiger partial charge in [0.25, 0.3) is 0 Å². The van der Waals surface area contributed by atoms with Crippen LogP contribution in [0.2, 0.25) is 0 Å². The molecule has 0 aliphatic heterocycles. The highest BCUT2D eigenvalue weighted by Gasteiger charge is 2.32. The number of hydrogen-bond donors (Lipinski definition) is 2. The van der Waals surface area contributed by atoms with Crippen molar-refractivity contribution in [3.05, 3.63) is 30.3 Å². The van der Waals surface area contributed by atoms with Crippen LogP contribution in [0.1, 0.15) is 6.92 Å². The van der Waals surface area contributed by atoms with Crippen molar-refractivity contribution >= 4 is 11.7 Å². The van der Waals surface area contributed by atoms with Gasteiger partial charge in [-0.15, -0.1) is 0 Å². The standard InChI is InChI=1S/C10H14N2O2/c1-10(11,9(13)14)12(2)8-6-4-3-5-7-8/h3-7H,11H2,1-2H3,(H,13,14)/t10-/m0/s1. The fourth-order valence-corrected chi connectivity index (χ4v) is 1.06. The van der Waals surface area contributed by atoms with Crippen molar-refractivity contribution in [1.29, 1.82) is 0 Å². The fraction of sp³-hybridized carbons (Fsp3) is 0.300. The highest BCUT2D eigenvalue weighted by Crippen LogP contribution is 2.18. The van der Waals surface area contributed by atoms with Gasteiger partial charge in [0.05, 0.1) is 0 Å². The number of nitrogens with zero attached hydrogens (tertiary/aromatic N) is 1. The molecule has 1 aromatic carbocycles. The van der Waals surface area contributed by atoms with Gasteiger partial charge in [0.2, 0.25) is 0 Å². The maximum absolute atomic E-state index is 10.9. The predicted octanol–water partition coefficient (Wildman–Crippen LogP) is 0.882. The number of aliphatic carboxylic acids is 1. The number of carboxylic acids is 1. The summed E-state index contributed by atoms with van der Waals surface area (Å²) in [6.07, 6.45) is 0. The lowest BCUT2D eigenvalue weighted by Gasteiger charge is -2.32. The summed E-state index contributed by atoms with van der Waals surface area (Å²) in [6.45, 7) is 1.46. The first-order chi connectivity index (χ1) is 6.46. The molecule has 0 bridgehead atoms. The van der Waals surface area contributed by atoms with Gasteiger partial charge in [0.1, 0.15) is 0 Å². The Labute approximate surface area is 82.9 Å². The van der Waals surface area contributed by atoms with E-state index in [4.69, 9.17) is 10.8 Å². The van der Waals surface area contributed by atoms with E-state index in [1.54, 1.807) is 7.05 Å².